The number of halogens is 27. The molecular formula is C31H29F23I4NNaO7S. The molecule has 6 atom stereocenters. The summed E-state index contributed by atoms with van der Waals surface area (Å²) in [5, 5.41) is 10.7. The molecular weight excluding hydrogens is 1500 g/mol. The Labute approximate surface area is 446 Å². The Morgan fingerprint density at radius 3 is 1.56 bits per heavy atom. The van der Waals surface area contributed by atoms with Crippen LogP contribution in [-0.4, -0.2) is 93.7 Å². The fourth-order valence-electron chi connectivity index (χ4n) is 5.20. The van der Waals surface area contributed by atoms with Crippen LogP contribution >= 0.6 is 82.4 Å². The molecule has 1 aromatic rings. The summed E-state index contributed by atoms with van der Waals surface area (Å²) in [4.78, 5) is 22.6. The molecule has 0 aliphatic heterocycles. The van der Waals surface area contributed by atoms with Crippen molar-refractivity contribution in [1.82, 2.24) is 0 Å². The minimum absolute atomic E-state index is 0. The van der Waals surface area contributed by atoms with Gasteiger partial charge in [-0.25, -0.2) is 31.1 Å². The van der Waals surface area contributed by atoms with E-state index in [-0.39, 0.29) is 49.0 Å². The van der Waals surface area contributed by atoms with E-state index in [2.05, 4.69) is 68.8 Å². The zero-order chi connectivity index (χ0) is 54.0. The van der Waals surface area contributed by atoms with Crippen molar-refractivity contribution in [3.05, 3.63) is 29.6 Å². The van der Waals surface area contributed by atoms with Crippen LogP contribution in [0.25, 0.3) is 0 Å². The first kappa shape index (κ1) is 72.6. The maximum atomic E-state index is 14.5. The minimum Gasteiger partial charge on any atom is -0.709 e. The first-order valence-electron chi connectivity index (χ1n) is 16.9. The van der Waals surface area contributed by atoms with Gasteiger partial charge >= 0.3 is 84.5 Å². The van der Waals surface area contributed by atoms with E-state index in [1.807, 2.05) is 0 Å². The zero-order valence-corrected chi connectivity index (χ0v) is 45.2. The molecule has 396 valence electrons. The molecule has 8 nitrogen and oxygen atoms in total. The third kappa shape index (κ3) is 20.6. The van der Waals surface area contributed by atoms with E-state index in [0.717, 1.165) is 6.92 Å². The number of ether oxygens (including phenoxy) is 4. The first-order chi connectivity index (χ1) is 29.6. The minimum atomic E-state index is -6.69. The summed E-state index contributed by atoms with van der Waals surface area (Å²) in [6.07, 6.45) is -26.6. The Hall–Kier alpha value is 0.340. The van der Waals surface area contributed by atoms with Crippen LogP contribution in [0.4, 0.5) is 101 Å². The summed E-state index contributed by atoms with van der Waals surface area (Å²) in [6, 6.07) is 4.96. The van der Waals surface area contributed by atoms with Gasteiger partial charge in [-0.3, -0.25) is 9.53 Å². The molecule has 2 saturated carbocycles. The zero-order valence-electron chi connectivity index (χ0n) is 33.8. The first-order valence-corrected chi connectivity index (χ1v) is 25.9. The van der Waals surface area contributed by atoms with E-state index in [0.29, 0.717) is 16.2 Å². The van der Waals surface area contributed by atoms with Crippen molar-refractivity contribution in [3.8, 4) is 0 Å². The molecule has 2 fully saturated rings. The smallest absolute Gasteiger partial charge is 0.709 e. The van der Waals surface area contributed by atoms with E-state index in [9.17, 15) is 116 Å². The number of pyridine rings is 1. The fourth-order valence-corrected chi connectivity index (χ4v) is 7.13. The fraction of sp³-hybridized carbons (Fsp3) is 0.774. The molecule has 0 radical (unpaired) electrons. The second-order valence-electron chi connectivity index (χ2n) is 13.5. The molecule has 37 heteroatoms. The average Bonchev–Trinajstić information content (AvgIpc) is 3.12. The molecule has 0 N–H and O–H groups in total. The van der Waals surface area contributed by atoms with Gasteiger partial charge in [-0.05, 0) is 53.3 Å². The van der Waals surface area contributed by atoms with Crippen molar-refractivity contribution in [1.29, 1.82) is 0 Å². The summed E-state index contributed by atoms with van der Waals surface area (Å²) < 4.78 is 299. The number of carbonyl (C=O) groups is 2. The quantitative estimate of drug-likeness (QED) is 0.0353. The molecule has 68 heavy (non-hydrogen) atoms. The van der Waals surface area contributed by atoms with Crippen molar-refractivity contribution < 1.29 is 164 Å². The third-order valence-corrected chi connectivity index (χ3v) is 12.7. The van der Waals surface area contributed by atoms with Gasteiger partial charge in [0.25, 0.3) is 17.5 Å². The number of esters is 2. The second-order valence-corrected chi connectivity index (χ2v) is 17.0. The van der Waals surface area contributed by atoms with E-state index < -0.39 is 118 Å². The van der Waals surface area contributed by atoms with Gasteiger partial charge in [0, 0.05) is 69.7 Å². The third-order valence-electron chi connectivity index (χ3n) is 8.30. The monoisotopic (exact) mass is 1530 g/mol. The number of alkyl halides is 25. The number of hydrogen-bond donors (Lipinski definition) is 0. The molecule has 0 bridgehead atoms. The second kappa shape index (κ2) is 27.2. The van der Waals surface area contributed by atoms with Gasteiger partial charge in [0.05, 0.1) is 15.6 Å². The molecule has 3 rings (SSSR count). The van der Waals surface area contributed by atoms with Crippen LogP contribution < -0.4 is 34.3 Å². The Kier molecular flexibility index (Phi) is 29.1. The van der Waals surface area contributed by atoms with Crippen LogP contribution in [-0.2, 0) is 41.2 Å². The van der Waals surface area contributed by atoms with Crippen molar-refractivity contribution in [2.24, 2.45) is 17.8 Å². The molecule has 2 aliphatic carbocycles. The van der Waals surface area contributed by atoms with Gasteiger partial charge in [0.2, 0.25) is 3.68 Å². The maximum Gasteiger partial charge on any atom is 1.00 e. The molecule has 0 spiro atoms. The van der Waals surface area contributed by atoms with Gasteiger partial charge in [0.15, 0.2) is 6.20 Å². The Morgan fingerprint density at radius 2 is 1.19 bits per heavy atom. The SMILES string of the molecule is CC1CC(C(=O)OC(F)(F)F)C(F)(C(=O)OC(F)(F)F)C(F)(F)C1.CC1CC(I)C(F)(I)C(F)(F)C1.COC(F)(F)C(F)(F)C(F)(F)C(F)(F)CCOC(F)(F)F.II.[Na+].[O-][n+]1ccccc1[S-]. The summed E-state index contributed by atoms with van der Waals surface area (Å²) in [6.45, 7) is 0.586. The van der Waals surface area contributed by atoms with Gasteiger partial charge < -0.3 is 32.0 Å². The molecule has 1 aromatic heterocycles. The van der Waals surface area contributed by atoms with Crippen LogP contribution in [0.15, 0.2) is 29.4 Å². The van der Waals surface area contributed by atoms with E-state index in [4.69, 9.17) is 0 Å². The van der Waals surface area contributed by atoms with E-state index in [1.165, 1.54) is 28.8 Å². The average molecular weight is 1530 g/mol. The van der Waals surface area contributed by atoms with Gasteiger partial charge in [-0.1, -0.05) is 42.5 Å². The van der Waals surface area contributed by atoms with Crippen molar-refractivity contribution in [3.63, 3.8) is 0 Å². The maximum absolute atomic E-state index is 14.5. The van der Waals surface area contributed by atoms with Crippen LogP contribution in [0.5, 0.6) is 0 Å². The number of aromatic nitrogens is 1. The Balaban J connectivity index is -0.000000867. The van der Waals surface area contributed by atoms with Crippen LogP contribution in [0.2, 0.25) is 0 Å². The van der Waals surface area contributed by atoms with E-state index in [1.54, 1.807) is 47.7 Å². The van der Waals surface area contributed by atoms with Crippen LogP contribution in [0, 0.1) is 23.0 Å². The largest absolute Gasteiger partial charge is 1.00 e. The Bertz CT molecular complexity index is 1710. The normalized spacial score (nSPS) is 25.1. The predicted molar refractivity (Wildman–Crippen MR) is 216 cm³/mol. The van der Waals surface area contributed by atoms with Gasteiger partial charge in [-0.15, -0.1) is 39.5 Å². The molecule has 6 unspecified atom stereocenters. The molecule has 0 amide bonds. The molecule has 0 aromatic carbocycles. The molecule has 2 aliphatic rings. The number of hydrogen-bond acceptors (Lipinski definition) is 8. The standard InChI is InChI=1S/C11H9F9O4.C8H7F11O2.C7H9F3I2.C5H5NOS.I2.Na/c1-4-2-5(6(21)23-10(15,16)17)9(14,8(12,13)3-4)7(22)24-11(18,19)20;1-20-7(15,16)6(13,14)5(11,12)4(9,10)2-3-21-8(17,18)19;1-4-2-5(11)7(10,12)6(8,9)3-4;7-6-4-2-1-3-5(6)8;1-2;/h4-5H,2-3H2,1H3;2-3H2,1H3;4-5H,2-3H2,1H3;1-4,8H;;/q;;;;;+1/p-1. The van der Waals surface area contributed by atoms with Crippen LogP contribution in [0.1, 0.15) is 46.0 Å². The van der Waals surface area contributed by atoms with Crippen molar-refractivity contribution in [2.75, 3.05) is 13.7 Å². The summed E-state index contributed by atoms with van der Waals surface area (Å²) in [5.74, 6) is -37.7. The van der Waals surface area contributed by atoms with Crippen LogP contribution in [0.3, 0.4) is 0 Å². The summed E-state index contributed by atoms with van der Waals surface area (Å²) >= 11 is 11.9. The number of methoxy groups -OCH3 is 1. The van der Waals surface area contributed by atoms with E-state index >= 15 is 0 Å². The Morgan fingerprint density at radius 1 is 0.750 bits per heavy atom. The predicted octanol–water partition coefficient (Wildman–Crippen LogP) is 10.5. The van der Waals surface area contributed by atoms with Crippen molar-refractivity contribution in [2.45, 2.75) is 119 Å². The molecule has 0 saturated heterocycles. The van der Waals surface area contributed by atoms with Gasteiger partial charge in [0.1, 0.15) is 5.92 Å². The number of rotatable bonds is 9. The molecule has 1 heterocycles. The topological polar surface area (TPSA) is 98.0 Å². The summed E-state index contributed by atoms with van der Waals surface area (Å²) in [5.41, 5.74) is -4.96. The summed E-state index contributed by atoms with van der Waals surface area (Å²) in [7, 11) is -0.144. The van der Waals surface area contributed by atoms with Crippen molar-refractivity contribution >= 4 is 107 Å². The number of nitrogens with zero attached hydrogens (tertiary/aromatic N) is 1. The van der Waals surface area contributed by atoms with Gasteiger partial charge in [-0.2, -0.15) is 39.9 Å². The number of carbonyl (C=O) groups excluding carboxylic acids is 2.